The van der Waals surface area contributed by atoms with Gasteiger partial charge in [0.1, 0.15) is 0 Å². The second kappa shape index (κ2) is 5.43. The molecule has 1 aromatic heterocycles. The lowest BCUT2D eigenvalue weighted by atomic mass is 9.69. The predicted octanol–water partition coefficient (Wildman–Crippen LogP) is 3.11. The van der Waals surface area contributed by atoms with Gasteiger partial charge in [-0.3, -0.25) is 0 Å². The summed E-state index contributed by atoms with van der Waals surface area (Å²) in [7, 11) is 2.06. The molecule has 1 fully saturated rings. The highest BCUT2D eigenvalue weighted by Crippen LogP contribution is 2.38. The van der Waals surface area contributed by atoms with Gasteiger partial charge in [-0.2, -0.15) is 0 Å². The third-order valence-corrected chi connectivity index (χ3v) is 4.34. The highest BCUT2D eigenvalue weighted by molar-refractivity contribution is 4.98. The molecule has 1 aromatic rings. The number of nitrogens with one attached hydrogen (secondary N) is 1. The molecular weight excluding hydrogens is 222 g/mol. The van der Waals surface area contributed by atoms with Crippen LogP contribution in [-0.4, -0.2) is 15.6 Å². The molecule has 0 saturated heterocycles. The van der Waals surface area contributed by atoms with Crippen LogP contribution in [0.15, 0.2) is 12.5 Å². The molecule has 102 valence electrons. The van der Waals surface area contributed by atoms with Gasteiger partial charge in [0.2, 0.25) is 0 Å². The van der Waals surface area contributed by atoms with E-state index in [4.69, 9.17) is 0 Å². The zero-order valence-corrected chi connectivity index (χ0v) is 12.2. The predicted molar refractivity (Wildman–Crippen MR) is 75.2 cm³/mol. The zero-order valence-electron chi connectivity index (χ0n) is 12.2. The fraction of sp³-hybridized carbons (Fsp3) is 0.800. The van der Waals surface area contributed by atoms with E-state index in [2.05, 4.69) is 42.7 Å². The summed E-state index contributed by atoms with van der Waals surface area (Å²) in [6.07, 6.45) is 9.29. The zero-order chi connectivity index (χ0) is 13.2. The first kappa shape index (κ1) is 13.6. The molecule has 1 saturated carbocycles. The molecule has 1 aliphatic rings. The van der Waals surface area contributed by atoms with Crippen molar-refractivity contribution >= 4 is 0 Å². The van der Waals surface area contributed by atoms with Crippen LogP contribution in [0.1, 0.15) is 52.1 Å². The van der Waals surface area contributed by atoms with Crippen molar-refractivity contribution in [1.29, 1.82) is 0 Å². The standard InChI is InChI=1S/C15H27N3/c1-15(2,3)13-7-5-6-8-14(13)17-10-12-9-16-11-18(12)4/h9,11,13-14,17H,5-8,10H2,1-4H3. The maximum atomic E-state index is 4.18. The van der Waals surface area contributed by atoms with E-state index in [9.17, 15) is 0 Å². The van der Waals surface area contributed by atoms with Crippen LogP contribution in [-0.2, 0) is 13.6 Å². The lowest BCUT2D eigenvalue weighted by Gasteiger charge is -2.41. The van der Waals surface area contributed by atoms with Gasteiger partial charge in [-0.1, -0.05) is 33.6 Å². The van der Waals surface area contributed by atoms with Crippen LogP contribution in [0.25, 0.3) is 0 Å². The second-order valence-corrected chi connectivity index (χ2v) is 6.74. The Morgan fingerprint density at radius 2 is 2.06 bits per heavy atom. The maximum Gasteiger partial charge on any atom is 0.0945 e. The van der Waals surface area contributed by atoms with Crippen LogP contribution in [0.2, 0.25) is 0 Å². The first-order chi connectivity index (χ1) is 8.48. The third-order valence-electron chi connectivity index (χ3n) is 4.34. The molecule has 0 bridgehead atoms. The largest absolute Gasteiger partial charge is 0.337 e. The van der Waals surface area contributed by atoms with E-state index < -0.39 is 0 Å². The van der Waals surface area contributed by atoms with Gasteiger partial charge in [-0.05, 0) is 24.2 Å². The number of hydrogen-bond donors (Lipinski definition) is 1. The van der Waals surface area contributed by atoms with Crippen LogP contribution in [0.3, 0.4) is 0 Å². The summed E-state index contributed by atoms with van der Waals surface area (Å²) >= 11 is 0. The molecule has 2 unspecified atom stereocenters. The van der Waals surface area contributed by atoms with Crippen molar-refractivity contribution in [3.63, 3.8) is 0 Å². The highest BCUT2D eigenvalue weighted by Gasteiger charge is 2.33. The highest BCUT2D eigenvalue weighted by atomic mass is 15.1. The summed E-state index contributed by atoms with van der Waals surface area (Å²) in [4.78, 5) is 4.18. The Hall–Kier alpha value is -0.830. The smallest absolute Gasteiger partial charge is 0.0945 e. The molecular formula is C15H27N3. The summed E-state index contributed by atoms with van der Waals surface area (Å²) in [6, 6.07) is 0.661. The summed E-state index contributed by atoms with van der Waals surface area (Å²) in [5.41, 5.74) is 1.68. The molecule has 1 aliphatic carbocycles. The molecule has 0 spiro atoms. The van der Waals surface area contributed by atoms with E-state index in [1.54, 1.807) is 0 Å². The number of aryl methyl sites for hydroxylation is 1. The van der Waals surface area contributed by atoms with Gasteiger partial charge in [-0.25, -0.2) is 4.98 Å². The molecule has 0 amide bonds. The molecule has 1 N–H and O–H groups in total. The Labute approximate surface area is 111 Å². The van der Waals surface area contributed by atoms with Crippen LogP contribution in [0.5, 0.6) is 0 Å². The van der Waals surface area contributed by atoms with E-state index in [1.165, 1.54) is 31.4 Å². The fourth-order valence-electron chi connectivity index (χ4n) is 3.20. The molecule has 2 atom stereocenters. The summed E-state index contributed by atoms with van der Waals surface area (Å²) in [6.45, 7) is 8.07. The van der Waals surface area contributed by atoms with E-state index in [-0.39, 0.29) is 0 Å². The number of aromatic nitrogens is 2. The Morgan fingerprint density at radius 3 is 2.67 bits per heavy atom. The third kappa shape index (κ3) is 3.14. The Kier molecular flexibility index (Phi) is 4.10. The molecule has 2 rings (SSSR count). The van der Waals surface area contributed by atoms with Gasteiger partial charge in [-0.15, -0.1) is 0 Å². The SMILES string of the molecule is Cn1cncc1CNC1CCCCC1C(C)(C)C. The minimum Gasteiger partial charge on any atom is -0.337 e. The van der Waals surface area contributed by atoms with Crippen LogP contribution < -0.4 is 5.32 Å². The second-order valence-electron chi connectivity index (χ2n) is 6.74. The minimum absolute atomic E-state index is 0.407. The van der Waals surface area contributed by atoms with Crippen molar-refractivity contribution in [2.75, 3.05) is 0 Å². The van der Waals surface area contributed by atoms with E-state index in [0.717, 1.165) is 12.5 Å². The van der Waals surface area contributed by atoms with Crippen molar-refractivity contribution in [2.24, 2.45) is 18.4 Å². The molecule has 18 heavy (non-hydrogen) atoms. The van der Waals surface area contributed by atoms with Crippen molar-refractivity contribution in [3.05, 3.63) is 18.2 Å². The minimum atomic E-state index is 0.407. The Bertz CT molecular complexity index is 375. The lowest BCUT2D eigenvalue weighted by Crippen LogP contribution is -2.44. The van der Waals surface area contributed by atoms with Crippen molar-refractivity contribution < 1.29 is 0 Å². The molecule has 0 aliphatic heterocycles. The first-order valence-electron chi connectivity index (χ1n) is 7.17. The Morgan fingerprint density at radius 1 is 1.33 bits per heavy atom. The van der Waals surface area contributed by atoms with Gasteiger partial charge >= 0.3 is 0 Å². The quantitative estimate of drug-likeness (QED) is 0.892. The van der Waals surface area contributed by atoms with E-state index in [0.29, 0.717) is 11.5 Å². The average Bonchev–Trinajstić information content (AvgIpc) is 2.71. The molecule has 3 nitrogen and oxygen atoms in total. The lowest BCUT2D eigenvalue weighted by molar-refractivity contribution is 0.130. The van der Waals surface area contributed by atoms with Crippen LogP contribution in [0.4, 0.5) is 0 Å². The molecule has 3 heteroatoms. The fourth-order valence-corrected chi connectivity index (χ4v) is 3.20. The molecule has 0 aromatic carbocycles. The van der Waals surface area contributed by atoms with Gasteiger partial charge in [0.05, 0.1) is 12.0 Å². The van der Waals surface area contributed by atoms with Crippen LogP contribution in [0, 0.1) is 11.3 Å². The maximum absolute atomic E-state index is 4.18. The van der Waals surface area contributed by atoms with E-state index in [1.807, 2.05) is 12.5 Å². The Balaban J connectivity index is 1.96. The van der Waals surface area contributed by atoms with E-state index >= 15 is 0 Å². The van der Waals surface area contributed by atoms with Crippen molar-refractivity contribution in [3.8, 4) is 0 Å². The van der Waals surface area contributed by atoms with Gasteiger partial charge in [0, 0.05) is 25.8 Å². The number of imidazole rings is 1. The molecule has 1 heterocycles. The average molecular weight is 249 g/mol. The van der Waals surface area contributed by atoms with Crippen molar-refractivity contribution in [1.82, 2.24) is 14.9 Å². The monoisotopic (exact) mass is 249 g/mol. The summed E-state index contributed by atoms with van der Waals surface area (Å²) in [5, 5.41) is 3.76. The molecule has 0 radical (unpaired) electrons. The first-order valence-corrected chi connectivity index (χ1v) is 7.17. The number of hydrogen-bond acceptors (Lipinski definition) is 2. The number of nitrogens with zero attached hydrogens (tertiary/aromatic N) is 2. The normalized spacial score (nSPS) is 25.3. The van der Waals surface area contributed by atoms with Gasteiger partial charge in [0.15, 0.2) is 0 Å². The van der Waals surface area contributed by atoms with Crippen LogP contribution >= 0.6 is 0 Å². The van der Waals surface area contributed by atoms with Gasteiger partial charge in [0.25, 0.3) is 0 Å². The van der Waals surface area contributed by atoms with Crippen molar-refractivity contribution in [2.45, 2.75) is 59.0 Å². The topological polar surface area (TPSA) is 29.9 Å². The van der Waals surface area contributed by atoms with Gasteiger partial charge < -0.3 is 9.88 Å². The summed E-state index contributed by atoms with van der Waals surface area (Å²) in [5.74, 6) is 0.791. The number of rotatable bonds is 3. The summed E-state index contributed by atoms with van der Waals surface area (Å²) < 4.78 is 2.10.